The Morgan fingerprint density at radius 3 is 2.78 bits per heavy atom. The van der Waals surface area contributed by atoms with Crippen LogP contribution in [0.1, 0.15) is 33.6 Å². The molecule has 0 aliphatic heterocycles. The Morgan fingerprint density at radius 1 is 1.25 bits per heavy atom. The van der Waals surface area contributed by atoms with Gasteiger partial charge >= 0.3 is 5.97 Å². The van der Waals surface area contributed by atoms with Gasteiger partial charge in [0.15, 0.2) is 11.0 Å². The lowest BCUT2D eigenvalue weighted by molar-refractivity contribution is -0.113. The summed E-state index contributed by atoms with van der Waals surface area (Å²) in [6.07, 6.45) is 5.69. The molecule has 1 aliphatic rings. The number of aryl methyl sites for hydroxylation is 1. The van der Waals surface area contributed by atoms with E-state index in [0.29, 0.717) is 22.3 Å². The molecule has 1 N–H and O–H groups in total. The predicted octanol–water partition coefficient (Wildman–Crippen LogP) is 4.59. The number of thioether (sulfide) groups is 1. The molecular weight excluding hydrogens is 444 g/mol. The Bertz CT molecular complexity index is 1140. The van der Waals surface area contributed by atoms with Gasteiger partial charge in [-0.2, -0.15) is 0 Å². The molecule has 32 heavy (non-hydrogen) atoms. The second-order valence-corrected chi connectivity index (χ2v) is 9.36. The molecule has 1 amide bonds. The van der Waals surface area contributed by atoms with Crippen LogP contribution >= 0.6 is 23.1 Å². The first-order valence-corrected chi connectivity index (χ1v) is 12.2. The second kappa shape index (κ2) is 10.1. The molecule has 0 bridgehead atoms. The number of rotatable bonds is 8. The fourth-order valence-electron chi connectivity index (χ4n) is 3.75. The lowest BCUT2D eigenvalue weighted by Gasteiger charge is -2.11. The minimum absolute atomic E-state index is 0.146. The minimum Gasteiger partial charge on any atom is -0.465 e. The quantitative estimate of drug-likeness (QED) is 0.296. The zero-order valence-corrected chi connectivity index (χ0v) is 19.4. The minimum atomic E-state index is -0.398. The molecule has 1 aromatic carbocycles. The van der Waals surface area contributed by atoms with Crippen LogP contribution in [0, 0.1) is 0 Å². The molecule has 0 atom stereocenters. The van der Waals surface area contributed by atoms with E-state index in [2.05, 4.69) is 22.1 Å². The number of anilines is 1. The maximum absolute atomic E-state index is 12.8. The third kappa shape index (κ3) is 4.63. The highest BCUT2D eigenvalue weighted by Gasteiger charge is 2.27. The van der Waals surface area contributed by atoms with Crippen LogP contribution < -0.4 is 5.32 Å². The van der Waals surface area contributed by atoms with E-state index in [1.807, 2.05) is 34.9 Å². The first-order chi connectivity index (χ1) is 15.6. The van der Waals surface area contributed by atoms with Gasteiger partial charge in [0.25, 0.3) is 0 Å². The number of ether oxygens (including phenoxy) is 1. The van der Waals surface area contributed by atoms with Gasteiger partial charge in [0.2, 0.25) is 5.91 Å². The molecule has 2 aromatic heterocycles. The summed E-state index contributed by atoms with van der Waals surface area (Å²) in [7, 11) is 1.37. The summed E-state index contributed by atoms with van der Waals surface area (Å²) in [4.78, 5) is 26.3. The van der Waals surface area contributed by atoms with Crippen LogP contribution in [-0.2, 0) is 28.9 Å². The van der Waals surface area contributed by atoms with E-state index in [9.17, 15) is 9.59 Å². The first kappa shape index (κ1) is 22.3. The van der Waals surface area contributed by atoms with Gasteiger partial charge in [-0.05, 0) is 31.2 Å². The van der Waals surface area contributed by atoms with Gasteiger partial charge in [-0.25, -0.2) is 4.79 Å². The van der Waals surface area contributed by atoms with E-state index in [4.69, 9.17) is 4.74 Å². The van der Waals surface area contributed by atoms with Crippen LogP contribution in [0.4, 0.5) is 5.00 Å². The molecule has 0 spiro atoms. The first-order valence-electron chi connectivity index (χ1n) is 10.4. The number of thiophene rings is 1. The SMILES string of the molecule is C=CCn1c(SCC(=O)Nc2sc3c(c2C(=O)OC)CCCC3)nnc1-c1ccccc1. The molecule has 0 saturated carbocycles. The standard InChI is InChI=1S/C23H24N4O3S2/c1-3-13-27-20(15-9-5-4-6-10-15)25-26-23(27)31-14-18(28)24-21-19(22(29)30-2)16-11-7-8-12-17(16)32-21/h3-6,9-10H,1,7-8,11-14H2,2H3,(H,24,28). The number of allylic oxidation sites excluding steroid dienone is 1. The van der Waals surface area contributed by atoms with Crippen LogP contribution in [-0.4, -0.2) is 39.5 Å². The van der Waals surface area contributed by atoms with E-state index in [1.165, 1.54) is 30.2 Å². The lowest BCUT2D eigenvalue weighted by atomic mass is 9.95. The second-order valence-electron chi connectivity index (χ2n) is 7.31. The predicted molar refractivity (Wildman–Crippen MR) is 127 cm³/mol. The van der Waals surface area contributed by atoms with Gasteiger partial charge in [0.05, 0.1) is 18.4 Å². The van der Waals surface area contributed by atoms with Gasteiger partial charge in [0.1, 0.15) is 5.00 Å². The average Bonchev–Trinajstić information content (AvgIpc) is 3.39. The van der Waals surface area contributed by atoms with E-state index in [-0.39, 0.29) is 11.7 Å². The zero-order chi connectivity index (χ0) is 22.5. The third-order valence-electron chi connectivity index (χ3n) is 5.21. The van der Waals surface area contributed by atoms with Crippen LogP contribution in [0.25, 0.3) is 11.4 Å². The molecule has 2 heterocycles. The number of hydrogen-bond acceptors (Lipinski definition) is 7. The summed E-state index contributed by atoms with van der Waals surface area (Å²) in [5, 5.41) is 12.7. The highest BCUT2D eigenvalue weighted by molar-refractivity contribution is 7.99. The summed E-state index contributed by atoms with van der Waals surface area (Å²) in [5.41, 5.74) is 2.48. The Kier molecular flexibility index (Phi) is 7.06. The molecular formula is C23H24N4O3S2. The monoisotopic (exact) mass is 468 g/mol. The van der Waals surface area contributed by atoms with Gasteiger partial charge in [-0.3, -0.25) is 9.36 Å². The zero-order valence-electron chi connectivity index (χ0n) is 17.8. The number of nitrogens with zero attached hydrogens (tertiary/aromatic N) is 3. The van der Waals surface area contributed by atoms with Crippen molar-refractivity contribution in [3.05, 3.63) is 59.0 Å². The normalized spacial score (nSPS) is 12.8. The highest BCUT2D eigenvalue weighted by atomic mass is 32.2. The maximum Gasteiger partial charge on any atom is 0.341 e. The summed E-state index contributed by atoms with van der Waals surface area (Å²) in [5.74, 6) is 0.277. The van der Waals surface area contributed by atoms with Crippen molar-refractivity contribution in [3.8, 4) is 11.4 Å². The van der Waals surface area contributed by atoms with Crippen molar-refractivity contribution in [2.45, 2.75) is 37.4 Å². The van der Waals surface area contributed by atoms with Crippen molar-refractivity contribution in [2.75, 3.05) is 18.2 Å². The van der Waals surface area contributed by atoms with E-state index >= 15 is 0 Å². The molecule has 1 aliphatic carbocycles. The number of carbonyl (C=O) groups is 2. The number of aromatic nitrogens is 3. The fourth-order valence-corrected chi connectivity index (χ4v) is 5.80. The lowest BCUT2D eigenvalue weighted by Crippen LogP contribution is -2.17. The number of hydrogen-bond donors (Lipinski definition) is 1. The number of amides is 1. The number of carbonyl (C=O) groups excluding carboxylic acids is 2. The van der Waals surface area contributed by atoms with Crippen LogP contribution in [0.5, 0.6) is 0 Å². The summed E-state index contributed by atoms with van der Waals surface area (Å²) >= 11 is 2.78. The van der Waals surface area contributed by atoms with Crippen LogP contribution in [0.2, 0.25) is 0 Å². The largest absolute Gasteiger partial charge is 0.465 e. The number of nitrogens with one attached hydrogen (secondary N) is 1. The van der Waals surface area contributed by atoms with E-state index in [0.717, 1.165) is 47.5 Å². The molecule has 0 saturated heterocycles. The van der Waals surface area contributed by atoms with Crippen LogP contribution in [0.15, 0.2) is 48.1 Å². The van der Waals surface area contributed by atoms with Crippen molar-refractivity contribution in [3.63, 3.8) is 0 Å². The summed E-state index contributed by atoms with van der Waals surface area (Å²) < 4.78 is 6.91. The van der Waals surface area contributed by atoms with Crippen LogP contribution in [0.3, 0.4) is 0 Å². The van der Waals surface area contributed by atoms with E-state index in [1.54, 1.807) is 6.08 Å². The molecule has 7 nitrogen and oxygen atoms in total. The maximum atomic E-state index is 12.8. The van der Waals surface area contributed by atoms with Crippen molar-refractivity contribution in [2.24, 2.45) is 0 Å². The molecule has 0 fully saturated rings. The Labute approximate surface area is 194 Å². The van der Waals surface area contributed by atoms with Crippen molar-refractivity contribution < 1.29 is 14.3 Å². The summed E-state index contributed by atoms with van der Waals surface area (Å²) in [6, 6.07) is 9.78. The molecule has 0 radical (unpaired) electrons. The smallest absolute Gasteiger partial charge is 0.341 e. The highest BCUT2D eigenvalue weighted by Crippen LogP contribution is 2.38. The van der Waals surface area contributed by atoms with Gasteiger partial charge < -0.3 is 10.1 Å². The Morgan fingerprint density at radius 2 is 2.03 bits per heavy atom. The van der Waals surface area contributed by atoms with E-state index < -0.39 is 5.97 Å². The molecule has 166 valence electrons. The fraction of sp³-hybridized carbons (Fsp3) is 0.304. The molecule has 4 rings (SSSR count). The number of fused-ring (bicyclic) bond motifs is 1. The molecule has 3 aromatic rings. The molecule has 0 unspecified atom stereocenters. The van der Waals surface area contributed by atoms with Crippen molar-refractivity contribution >= 4 is 40.0 Å². The number of benzene rings is 1. The number of methoxy groups -OCH3 is 1. The summed E-state index contributed by atoms with van der Waals surface area (Å²) in [6.45, 7) is 4.35. The van der Waals surface area contributed by atoms with Crippen molar-refractivity contribution in [1.29, 1.82) is 0 Å². The van der Waals surface area contributed by atoms with Crippen molar-refractivity contribution in [1.82, 2.24) is 14.8 Å². The Hall–Kier alpha value is -2.91. The Balaban J connectivity index is 1.49. The average molecular weight is 469 g/mol. The topological polar surface area (TPSA) is 86.1 Å². The molecule has 9 heteroatoms. The van der Waals surface area contributed by atoms with Gasteiger partial charge in [-0.15, -0.1) is 28.1 Å². The third-order valence-corrected chi connectivity index (χ3v) is 7.38. The van der Waals surface area contributed by atoms with Gasteiger partial charge in [-0.1, -0.05) is 48.2 Å². The van der Waals surface area contributed by atoms with Gasteiger partial charge in [0, 0.05) is 17.0 Å². The number of esters is 1.